The minimum absolute atomic E-state index is 0.0752. The summed E-state index contributed by atoms with van der Waals surface area (Å²) >= 11 is 4.24. The van der Waals surface area contributed by atoms with Gasteiger partial charge in [-0.05, 0) is 0 Å². The molecule has 2 rings (SSSR count). The molecule has 0 aliphatic carbocycles. The summed E-state index contributed by atoms with van der Waals surface area (Å²) < 4.78 is 0. The van der Waals surface area contributed by atoms with Crippen molar-refractivity contribution in [3.8, 4) is 0 Å². The topological polar surface area (TPSA) is 17.1 Å². The van der Waals surface area contributed by atoms with Gasteiger partial charge in [0, 0.05) is 48.4 Å². The van der Waals surface area contributed by atoms with E-state index in [4.69, 9.17) is 0 Å². The highest BCUT2D eigenvalue weighted by atomic mass is 128. The Hall–Kier alpha value is -0.430. The molecule has 2 aromatic carbocycles. The molecule has 0 aliphatic rings. The van der Waals surface area contributed by atoms with E-state index in [0.717, 1.165) is 11.1 Å². The van der Waals surface area contributed by atoms with Gasteiger partial charge in [0.2, 0.25) is 0 Å². The summed E-state index contributed by atoms with van der Waals surface area (Å²) in [5.41, 5.74) is 1.47. The third-order valence-corrected chi connectivity index (χ3v) is 2.07. The van der Waals surface area contributed by atoms with Crippen molar-refractivity contribution in [1.29, 1.82) is 0 Å². The molecule has 0 aromatic heterocycles. The minimum atomic E-state index is 0.0752. The Balaban J connectivity index is 0. The van der Waals surface area contributed by atoms with Gasteiger partial charge in [-0.25, -0.2) is 0 Å². The molecule has 0 saturated carbocycles. The van der Waals surface area contributed by atoms with Crippen molar-refractivity contribution >= 4 is 43.0 Å². The van der Waals surface area contributed by atoms with Gasteiger partial charge in [0.15, 0.2) is 5.78 Å². The number of ketones is 1. The predicted molar refractivity (Wildman–Crippen MR) is 107 cm³/mol. The van der Waals surface area contributed by atoms with Gasteiger partial charge in [-0.15, -0.1) is 0 Å². The van der Waals surface area contributed by atoms with Crippen LogP contribution in [0.2, 0.25) is 0 Å². The zero-order valence-electron chi connectivity index (χ0n) is 12.4. The quantitative estimate of drug-likeness (QED) is 0.333. The molecule has 0 aliphatic heterocycles. The van der Waals surface area contributed by atoms with Gasteiger partial charge < -0.3 is 0 Å². The largest absolute Gasteiger partial charge is 0.289 e. The second-order valence-electron chi connectivity index (χ2n) is 3.06. The van der Waals surface area contributed by atoms with Gasteiger partial charge in [0.05, 0.1) is 0 Å². The first-order valence-corrected chi connectivity index (χ1v) is 13.0. The molecular weight excluding hydrogens is 474 g/mol. The summed E-state index contributed by atoms with van der Waals surface area (Å²) in [6.45, 7) is 8.00. The number of hydrogen-bond acceptors (Lipinski definition) is 1. The van der Waals surface area contributed by atoms with Crippen LogP contribution in [0.4, 0.5) is 0 Å². The molecule has 20 heavy (non-hydrogen) atoms. The smallest absolute Gasteiger partial charge is 0.193 e. The molecule has 1 nitrogen and oxygen atoms in total. The fourth-order valence-corrected chi connectivity index (χ4v) is 1.35. The molecule has 0 atom stereocenters. The van der Waals surface area contributed by atoms with Gasteiger partial charge in [-0.2, -0.15) is 0 Å². The maximum atomic E-state index is 11.8. The second kappa shape index (κ2) is 16.6. The van der Waals surface area contributed by atoms with Crippen molar-refractivity contribution in [3.63, 3.8) is 0 Å². The summed E-state index contributed by atoms with van der Waals surface area (Å²) in [7, 11) is 0. The standard InChI is InChI=1S/C13H10O.2C2H6.I2/c14-13(11-7-3-1-4-8-11)12-9-5-2-6-10-12;3*1-2/h1-10H;2*1-2H3;. The van der Waals surface area contributed by atoms with Crippen LogP contribution in [-0.4, -0.2) is 5.78 Å². The van der Waals surface area contributed by atoms with Crippen molar-refractivity contribution in [3.05, 3.63) is 71.8 Å². The molecule has 0 bridgehead atoms. The van der Waals surface area contributed by atoms with Crippen LogP contribution < -0.4 is 0 Å². The fourth-order valence-electron chi connectivity index (χ4n) is 1.35. The number of hydrogen-bond donors (Lipinski definition) is 0. The molecule has 3 heteroatoms. The Morgan fingerprint density at radius 3 is 1.15 bits per heavy atom. The monoisotopic (exact) mass is 496 g/mol. The summed E-state index contributed by atoms with van der Waals surface area (Å²) in [6.07, 6.45) is 0. The van der Waals surface area contributed by atoms with Crippen molar-refractivity contribution in [2.45, 2.75) is 27.7 Å². The number of rotatable bonds is 2. The van der Waals surface area contributed by atoms with E-state index >= 15 is 0 Å². The van der Waals surface area contributed by atoms with Crippen LogP contribution in [0.1, 0.15) is 43.6 Å². The van der Waals surface area contributed by atoms with Crippen LogP contribution in [0.15, 0.2) is 60.7 Å². The van der Waals surface area contributed by atoms with E-state index < -0.39 is 0 Å². The van der Waals surface area contributed by atoms with Gasteiger partial charge in [0.1, 0.15) is 0 Å². The Bertz CT molecular complexity index is 386. The number of halogens is 2. The van der Waals surface area contributed by atoms with Gasteiger partial charge >= 0.3 is 0 Å². The van der Waals surface area contributed by atoms with Crippen LogP contribution in [0, 0.1) is 0 Å². The van der Waals surface area contributed by atoms with Crippen molar-refractivity contribution in [1.82, 2.24) is 0 Å². The summed E-state index contributed by atoms with van der Waals surface area (Å²) in [6, 6.07) is 18.6. The van der Waals surface area contributed by atoms with Gasteiger partial charge in [0.25, 0.3) is 0 Å². The lowest BCUT2D eigenvalue weighted by molar-refractivity contribution is 0.103. The summed E-state index contributed by atoms with van der Waals surface area (Å²) in [5, 5.41) is 0. The van der Waals surface area contributed by atoms with Crippen molar-refractivity contribution in [2.24, 2.45) is 0 Å². The first kappa shape index (κ1) is 21.9. The van der Waals surface area contributed by atoms with Gasteiger partial charge in [-0.3, -0.25) is 4.79 Å². The van der Waals surface area contributed by atoms with E-state index in [0.29, 0.717) is 0 Å². The third kappa shape index (κ3) is 8.68. The van der Waals surface area contributed by atoms with Crippen molar-refractivity contribution < 1.29 is 4.79 Å². The maximum absolute atomic E-state index is 11.8. The van der Waals surface area contributed by atoms with E-state index in [9.17, 15) is 4.79 Å². The predicted octanol–water partition coefficient (Wildman–Crippen LogP) is 6.74. The normalized spacial score (nSPS) is 7.70. The van der Waals surface area contributed by atoms with E-state index in [-0.39, 0.29) is 5.78 Å². The number of carbonyl (C=O) groups is 1. The molecular formula is C17H22I2O. The average Bonchev–Trinajstić information content (AvgIpc) is 2.61. The van der Waals surface area contributed by atoms with Crippen LogP contribution in [0.5, 0.6) is 0 Å². The molecule has 0 saturated heterocycles. The molecule has 0 N–H and O–H groups in total. The van der Waals surface area contributed by atoms with Crippen LogP contribution >= 0.6 is 37.2 Å². The van der Waals surface area contributed by atoms with E-state index in [2.05, 4.69) is 37.2 Å². The molecule has 0 unspecified atom stereocenters. The molecule has 0 fully saturated rings. The highest BCUT2D eigenvalue weighted by Gasteiger charge is 2.06. The average molecular weight is 496 g/mol. The summed E-state index contributed by atoms with van der Waals surface area (Å²) in [5.74, 6) is 0.0752. The Morgan fingerprint density at radius 1 is 0.650 bits per heavy atom. The zero-order valence-corrected chi connectivity index (χ0v) is 16.8. The summed E-state index contributed by atoms with van der Waals surface area (Å²) in [4.78, 5) is 11.8. The molecule has 2 aromatic rings. The van der Waals surface area contributed by atoms with Crippen molar-refractivity contribution in [2.75, 3.05) is 0 Å². The highest BCUT2D eigenvalue weighted by molar-refractivity contribution is 15.0. The fraction of sp³-hybridized carbons (Fsp3) is 0.235. The minimum Gasteiger partial charge on any atom is -0.289 e. The zero-order chi connectivity index (χ0) is 15.8. The highest BCUT2D eigenvalue weighted by Crippen LogP contribution is 2.08. The molecule has 0 spiro atoms. The number of benzene rings is 2. The number of carbonyl (C=O) groups excluding carboxylic acids is 1. The van der Waals surface area contributed by atoms with E-state index in [1.807, 2.05) is 88.4 Å². The van der Waals surface area contributed by atoms with E-state index in [1.165, 1.54) is 0 Å². The lowest BCUT2D eigenvalue weighted by Crippen LogP contribution is -1.99. The van der Waals surface area contributed by atoms with Crippen LogP contribution in [-0.2, 0) is 0 Å². The lowest BCUT2D eigenvalue weighted by atomic mass is 10.0. The maximum Gasteiger partial charge on any atom is 0.193 e. The lowest BCUT2D eigenvalue weighted by Gasteiger charge is -1.99. The first-order chi connectivity index (χ1) is 9.88. The first-order valence-electron chi connectivity index (χ1n) is 6.67. The van der Waals surface area contributed by atoms with Crippen LogP contribution in [0.3, 0.4) is 0 Å². The molecule has 110 valence electrons. The Kier molecular flexibility index (Phi) is 18.2. The SMILES string of the molecule is CC.CC.II.O=C(c1ccccc1)c1ccccc1. The Labute approximate surface area is 146 Å². The molecule has 0 heterocycles. The van der Waals surface area contributed by atoms with Gasteiger partial charge in [-0.1, -0.05) is 88.4 Å². The molecule has 0 radical (unpaired) electrons. The third-order valence-electron chi connectivity index (χ3n) is 2.07. The van der Waals surface area contributed by atoms with Crippen LogP contribution in [0.25, 0.3) is 0 Å². The second-order valence-corrected chi connectivity index (χ2v) is 3.06. The Morgan fingerprint density at radius 2 is 0.900 bits per heavy atom. The molecule has 0 amide bonds. The van der Waals surface area contributed by atoms with E-state index in [1.54, 1.807) is 0 Å².